The van der Waals surface area contributed by atoms with Gasteiger partial charge in [-0.15, -0.1) is 0 Å². The van der Waals surface area contributed by atoms with E-state index in [0.717, 1.165) is 6.42 Å². The van der Waals surface area contributed by atoms with Crippen molar-refractivity contribution in [3.63, 3.8) is 0 Å². The highest BCUT2D eigenvalue weighted by atomic mass is 16.5. The van der Waals surface area contributed by atoms with E-state index < -0.39 is 11.9 Å². The lowest BCUT2D eigenvalue weighted by Crippen LogP contribution is -2.17. The molecule has 0 aliphatic heterocycles. The SMILES string of the molecule is CCOC(=O)c1c(C)nc(C)c(C(=O)OCC)c1-c1ccc(OCC)c(OCCC(C)C)c1. The van der Waals surface area contributed by atoms with Gasteiger partial charge in [0.25, 0.3) is 0 Å². The third-order valence-corrected chi connectivity index (χ3v) is 5.00. The molecule has 0 saturated carbocycles. The van der Waals surface area contributed by atoms with Crippen LogP contribution in [0.3, 0.4) is 0 Å². The summed E-state index contributed by atoms with van der Waals surface area (Å²) in [6, 6.07) is 5.39. The van der Waals surface area contributed by atoms with Crippen molar-refractivity contribution >= 4 is 11.9 Å². The molecule has 2 rings (SSSR count). The lowest BCUT2D eigenvalue weighted by molar-refractivity contribution is 0.0525. The van der Waals surface area contributed by atoms with Gasteiger partial charge in [0.2, 0.25) is 0 Å². The second-order valence-corrected chi connectivity index (χ2v) is 7.97. The summed E-state index contributed by atoms with van der Waals surface area (Å²) in [4.78, 5) is 30.3. The van der Waals surface area contributed by atoms with Crippen LogP contribution in [0.2, 0.25) is 0 Å². The van der Waals surface area contributed by atoms with Crippen molar-refractivity contribution in [2.24, 2.45) is 5.92 Å². The van der Waals surface area contributed by atoms with Crippen molar-refractivity contribution in [2.75, 3.05) is 26.4 Å². The Kier molecular flexibility index (Phi) is 9.70. The summed E-state index contributed by atoms with van der Waals surface area (Å²) >= 11 is 0. The highest BCUT2D eigenvalue weighted by Gasteiger charge is 2.28. The summed E-state index contributed by atoms with van der Waals surface area (Å²) < 4.78 is 22.4. The van der Waals surface area contributed by atoms with Gasteiger partial charge in [-0.2, -0.15) is 0 Å². The summed E-state index contributed by atoms with van der Waals surface area (Å²) in [6.07, 6.45) is 0.880. The van der Waals surface area contributed by atoms with E-state index in [2.05, 4.69) is 18.8 Å². The van der Waals surface area contributed by atoms with Gasteiger partial charge in [-0.3, -0.25) is 4.98 Å². The standard InChI is InChI=1S/C26H35NO6/c1-8-30-20-12-11-19(15-21(20)33-14-13-16(4)5)24-22(25(28)31-9-2)17(6)27-18(7)23(24)26(29)32-10-3/h11-12,15-16H,8-10,13-14H2,1-7H3. The van der Waals surface area contributed by atoms with Gasteiger partial charge in [0.1, 0.15) is 0 Å². The Bertz CT molecular complexity index is 941. The number of benzene rings is 1. The van der Waals surface area contributed by atoms with Crippen molar-refractivity contribution in [1.29, 1.82) is 0 Å². The van der Waals surface area contributed by atoms with Crippen molar-refractivity contribution in [1.82, 2.24) is 4.98 Å². The average Bonchev–Trinajstić information content (AvgIpc) is 2.74. The first kappa shape index (κ1) is 26.2. The molecule has 0 unspecified atom stereocenters. The Hall–Kier alpha value is -3.09. The zero-order chi connectivity index (χ0) is 24.5. The zero-order valence-corrected chi connectivity index (χ0v) is 20.7. The Morgan fingerprint density at radius 2 is 1.42 bits per heavy atom. The summed E-state index contributed by atoms with van der Waals surface area (Å²) in [5, 5.41) is 0. The molecule has 0 atom stereocenters. The monoisotopic (exact) mass is 457 g/mol. The highest BCUT2D eigenvalue weighted by molar-refractivity contribution is 6.07. The molecule has 0 saturated heterocycles. The Balaban J connectivity index is 2.76. The van der Waals surface area contributed by atoms with Crippen molar-refractivity contribution < 1.29 is 28.5 Å². The van der Waals surface area contributed by atoms with Gasteiger partial charge in [0.05, 0.1) is 48.9 Å². The van der Waals surface area contributed by atoms with Crippen LogP contribution in [-0.2, 0) is 9.47 Å². The summed E-state index contributed by atoms with van der Waals surface area (Å²) in [6.45, 7) is 14.5. The number of carbonyl (C=O) groups excluding carboxylic acids is 2. The predicted molar refractivity (Wildman–Crippen MR) is 127 cm³/mol. The molecular formula is C26H35NO6. The van der Waals surface area contributed by atoms with E-state index in [0.29, 0.717) is 53.1 Å². The summed E-state index contributed by atoms with van der Waals surface area (Å²) in [5.41, 5.74) is 2.48. The molecule has 2 aromatic rings. The van der Waals surface area contributed by atoms with E-state index in [1.54, 1.807) is 45.9 Å². The van der Waals surface area contributed by atoms with Crippen LogP contribution in [0.15, 0.2) is 18.2 Å². The second-order valence-electron chi connectivity index (χ2n) is 7.97. The molecular weight excluding hydrogens is 422 g/mol. The third-order valence-electron chi connectivity index (χ3n) is 5.00. The molecule has 1 aromatic carbocycles. The molecule has 1 aromatic heterocycles. The molecule has 0 aliphatic carbocycles. The number of carbonyl (C=O) groups is 2. The van der Waals surface area contributed by atoms with Crippen LogP contribution in [0.4, 0.5) is 0 Å². The maximum Gasteiger partial charge on any atom is 0.340 e. The molecule has 0 bridgehead atoms. The van der Waals surface area contributed by atoms with Gasteiger partial charge < -0.3 is 18.9 Å². The number of aromatic nitrogens is 1. The Morgan fingerprint density at radius 3 is 1.91 bits per heavy atom. The zero-order valence-electron chi connectivity index (χ0n) is 20.7. The van der Waals surface area contributed by atoms with Gasteiger partial charge >= 0.3 is 11.9 Å². The topological polar surface area (TPSA) is 84.0 Å². The van der Waals surface area contributed by atoms with E-state index >= 15 is 0 Å². The van der Waals surface area contributed by atoms with Crippen LogP contribution in [-0.4, -0.2) is 43.4 Å². The molecule has 1 heterocycles. The number of pyridine rings is 1. The molecule has 7 heteroatoms. The molecule has 0 fully saturated rings. The normalized spacial score (nSPS) is 10.8. The smallest absolute Gasteiger partial charge is 0.340 e. The van der Waals surface area contributed by atoms with Crippen LogP contribution >= 0.6 is 0 Å². The van der Waals surface area contributed by atoms with Gasteiger partial charge in [0.15, 0.2) is 11.5 Å². The van der Waals surface area contributed by atoms with Crippen LogP contribution in [0.25, 0.3) is 11.1 Å². The molecule has 7 nitrogen and oxygen atoms in total. The first-order chi connectivity index (χ1) is 15.7. The predicted octanol–water partition coefficient (Wildman–Crippen LogP) is 5.54. The molecule has 180 valence electrons. The third kappa shape index (κ3) is 6.46. The molecule has 0 aliphatic rings. The quantitative estimate of drug-likeness (QED) is 0.409. The number of ether oxygens (including phenoxy) is 4. The van der Waals surface area contributed by atoms with E-state index in [-0.39, 0.29) is 24.3 Å². The fourth-order valence-corrected chi connectivity index (χ4v) is 3.50. The minimum atomic E-state index is -0.542. The van der Waals surface area contributed by atoms with Crippen LogP contribution in [0, 0.1) is 19.8 Å². The maximum absolute atomic E-state index is 12.9. The Morgan fingerprint density at radius 1 is 0.848 bits per heavy atom. The number of rotatable bonds is 11. The van der Waals surface area contributed by atoms with E-state index in [1.165, 1.54) is 0 Å². The molecule has 0 radical (unpaired) electrons. The molecule has 33 heavy (non-hydrogen) atoms. The molecule has 0 amide bonds. The van der Waals surface area contributed by atoms with Crippen LogP contribution in [0.1, 0.15) is 73.1 Å². The Labute approximate surface area is 196 Å². The van der Waals surface area contributed by atoms with Crippen LogP contribution < -0.4 is 9.47 Å². The lowest BCUT2D eigenvalue weighted by atomic mass is 9.92. The second kappa shape index (κ2) is 12.2. The highest BCUT2D eigenvalue weighted by Crippen LogP contribution is 2.38. The summed E-state index contributed by atoms with van der Waals surface area (Å²) in [7, 11) is 0. The number of aryl methyl sites for hydroxylation is 2. The van der Waals surface area contributed by atoms with Crippen LogP contribution in [0.5, 0.6) is 11.5 Å². The van der Waals surface area contributed by atoms with Gasteiger partial charge in [-0.05, 0) is 64.7 Å². The lowest BCUT2D eigenvalue weighted by Gasteiger charge is -2.19. The number of hydrogen-bond acceptors (Lipinski definition) is 7. The largest absolute Gasteiger partial charge is 0.490 e. The summed E-state index contributed by atoms with van der Waals surface area (Å²) in [5.74, 6) is 0.549. The first-order valence-electron chi connectivity index (χ1n) is 11.5. The minimum Gasteiger partial charge on any atom is -0.490 e. The van der Waals surface area contributed by atoms with E-state index in [9.17, 15) is 9.59 Å². The average molecular weight is 458 g/mol. The number of nitrogens with zero attached hydrogens (tertiary/aromatic N) is 1. The van der Waals surface area contributed by atoms with E-state index in [1.807, 2.05) is 6.92 Å². The van der Waals surface area contributed by atoms with E-state index in [4.69, 9.17) is 18.9 Å². The fourth-order valence-electron chi connectivity index (χ4n) is 3.50. The number of hydrogen-bond donors (Lipinski definition) is 0. The van der Waals surface area contributed by atoms with Crippen molar-refractivity contribution in [3.05, 3.63) is 40.7 Å². The van der Waals surface area contributed by atoms with Crippen molar-refractivity contribution in [3.8, 4) is 22.6 Å². The maximum atomic E-state index is 12.9. The van der Waals surface area contributed by atoms with Gasteiger partial charge in [-0.1, -0.05) is 19.9 Å². The fraction of sp³-hybridized carbons (Fsp3) is 0.500. The van der Waals surface area contributed by atoms with Gasteiger partial charge in [0, 0.05) is 5.56 Å². The molecule has 0 spiro atoms. The van der Waals surface area contributed by atoms with Gasteiger partial charge in [-0.25, -0.2) is 9.59 Å². The first-order valence-corrected chi connectivity index (χ1v) is 11.5. The minimum absolute atomic E-state index is 0.202. The van der Waals surface area contributed by atoms with Crippen molar-refractivity contribution in [2.45, 2.75) is 54.9 Å². The number of esters is 2. The molecule has 0 N–H and O–H groups in total.